The maximum absolute atomic E-state index is 13.8. The third-order valence-electron chi connectivity index (χ3n) is 6.03. The summed E-state index contributed by atoms with van der Waals surface area (Å²) in [6.45, 7) is 4.53. The van der Waals surface area contributed by atoms with Crippen molar-refractivity contribution in [3.8, 4) is 0 Å². The van der Waals surface area contributed by atoms with E-state index in [9.17, 15) is 22.0 Å². The summed E-state index contributed by atoms with van der Waals surface area (Å²) in [5.41, 5.74) is 0.631. The van der Waals surface area contributed by atoms with Crippen LogP contribution in [0.15, 0.2) is 47.5 Å². The standard InChI is InChI=1S/C24H29F2N3O5S/c1-24(2)33-14-17(34-24)13-29-9-8-22(28-29)27-23(30)19(10-15-11-20(25)21(26)12-15)16-4-6-18(7-5-16)35(3,31)32/h4-10,15,17,20-21H,11-14H2,1-3H3,(H,27,28,30)/b19-10+/t15-,17-,20+,21-/m1/s1. The van der Waals surface area contributed by atoms with Crippen LogP contribution in [0, 0.1) is 5.92 Å². The molecule has 4 rings (SSSR count). The van der Waals surface area contributed by atoms with Crippen LogP contribution in [-0.2, 0) is 30.7 Å². The molecule has 35 heavy (non-hydrogen) atoms. The molecular weight excluding hydrogens is 480 g/mol. The zero-order chi connectivity index (χ0) is 25.4. The van der Waals surface area contributed by atoms with Gasteiger partial charge in [0.15, 0.2) is 21.4 Å². The summed E-state index contributed by atoms with van der Waals surface area (Å²) in [5, 5.41) is 7.09. The van der Waals surface area contributed by atoms with Gasteiger partial charge in [-0.15, -0.1) is 0 Å². The van der Waals surface area contributed by atoms with Crippen molar-refractivity contribution in [2.75, 3.05) is 18.2 Å². The van der Waals surface area contributed by atoms with Gasteiger partial charge in [0.1, 0.15) is 18.4 Å². The molecule has 1 aliphatic heterocycles. The zero-order valence-electron chi connectivity index (χ0n) is 19.8. The fourth-order valence-corrected chi connectivity index (χ4v) is 4.93. The minimum Gasteiger partial charge on any atom is -0.348 e. The number of hydrogen-bond acceptors (Lipinski definition) is 6. The Hall–Kier alpha value is -2.63. The predicted octanol–water partition coefficient (Wildman–Crippen LogP) is 3.55. The van der Waals surface area contributed by atoms with Gasteiger partial charge in [-0.25, -0.2) is 17.2 Å². The summed E-state index contributed by atoms with van der Waals surface area (Å²) >= 11 is 0. The van der Waals surface area contributed by atoms with Crippen molar-refractivity contribution in [2.24, 2.45) is 5.92 Å². The highest BCUT2D eigenvalue weighted by Crippen LogP contribution is 2.34. The Labute approximate surface area is 203 Å². The average Bonchev–Trinajstić information content (AvgIpc) is 3.44. The van der Waals surface area contributed by atoms with E-state index in [1.54, 1.807) is 23.0 Å². The number of aromatic nitrogens is 2. The molecule has 1 amide bonds. The topological polar surface area (TPSA) is 99.5 Å². The second kappa shape index (κ2) is 9.79. The van der Waals surface area contributed by atoms with E-state index in [4.69, 9.17) is 9.47 Å². The number of hydrogen-bond donors (Lipinski definition) is 1. The highest BCUT2D eigenvalue weighted by atomic mass is 32.2. The first-order chi connectivity index (χ1) is 16.4. The molecule has 0 unspecified atom stereocenters. The first kappa shape index (κ1) is 25.5. The fraction of sp³-hybridized carbons (Fsp3) is 0.500. The van der Waals surface area contributed by atoms with E-state index in [2.05, 4.69) is 10.4 Å². The SMILES string of the molecule is CC1(C)OC[C@@H](Cn2ccc(NC(=O)/C(=C/[C@H]3C[C@@H](F)[C@@H](F)C3)c3ccc(S(C)(=O)=O)cc3)n2)O1. The Morgan fingerprint density at radius 2 is 1.86 bits per heavy atom. The van der Waals surface area contributed by atoms with Gasteiger partial charge in [0.2, 0.25) is 0 Å². The van der Waals surface area contributed by atoms with Crippen molar-refractivity contribution < 1.29 is 31.5 Å². The Morgan fingerprint density at radius 3 is 2.43 bits per heavy atom. The van der Waals surface area contributed by atoms with Crippen molar-refractivity contribution >= 4 is 27.1 Å². The minimum absolute atomic E-state index is 0.0200. The number of sulfone groups is 1. The molecule has 0 spiro atoms. The molecule has 11 heteroatoms. The van der Waals surface area contributed by atoms with Gasteiger partial charge in [-0.05, 0) is 50.3 Å². The molecule has 2 heterocycles. The monoisotopic (exact) mass is 509 g/mol. The molecule has 1 aliphatic carbocycles. The summed E-state index contributed by atoms with van der Waals surface area (Å²) in [4.78, 5) is 13.3. The molecule has 8 nitrogen and oxygen atoms in total. The summed E-state index contributed by atoms with van der Waals surface area (Å²) in [7, 11) is -3.42. The number of nitrogens with zero attached hydrogens (tertiary/aromatic N) is 2. The molecule has 2 aliphatic rings. The van der Waals surface area contributed by atoms with Crippen molar-refractivity contribution in [2.45, 2.75) is 62.4 Å². The number of ether oxygens (including phenoxy) is 2. The molecule has 0 radical (unpaired) electrons. The summed E-state index contributed by atoms with van der Waals surface area (Å²) in [5.74, 6) is -1.33. The molecule has 2 fully saturated rings. The summed E-state index contributed by atoms with van der Waals surface area (Å²) < 4.78 is 64.1. The second-order valence-electron chi connectivity index (χ2n) is 9.47. The normalized spacial score (nSPS) is 26.7. The van der Waals surface area contributed by atoms with E-state index in [0.717, 1.165) is 6.26 Å². The summed E-state index contributed by atoms with van der Waals surface area (Å²) in [6, 6.07) is 7.45. The van der Waals surface area contributed by atoms with Crippen LogP contribution in [0.3, 0.4) is 0 Å². The van der Waals surface area contributed by atoms with E-state index >= 15 is 0 Å². The highest BCUT2D eigenvalue weighted by Gasteiger charge is 2.34. The molecular formula is C24H29F2N3O5S. The van der Waals surface area contributed by atoms with Crippen LogP contribution in [0.25, 0.3) is 5.57 Å². The van der Waals surface area contributed by atoms with Gasteiger partial charge in [0, 0.05) is 24.1 Å². The number of amides is 1. The molecule has 1 aromatic heterocycles. The zero-order valence-corrected chi connectivity index (χ0v) is 20.6. The largest absolute Gasteiger partial charge is 0.348 e. The lowest BCUT2D eigenvalue weighted by Gasteiger charge is -2.16. The van der Waals surface area contributed by atoms with E-state index in [1.807, 2.05) is 13.8 Å². The van der Waals surface area contributed by atoms with Crippen molar-refractivity contribution in [1.29, 1.82) is 0 Å². The number of anilines is 1. The van der Waals surface area contributed by atoms with Gasteiger partial charge in [0.25, 0.3) is 5.91 Å². The molecule has 1 N–H and O–H groups in total. The lowest BCUT2D eigenvalue weighted by molar-refractivity contribution is -0.139. The molecule has 4 atom stereocenters. The van der Waals surface area contributed by atoms with Crippen molar-refractivity contribution in [3.63, 3.8) is 0 Å². The first-order valence-corrected chi connectivity index (χ1v) is 13.3. The molecule has 190 valence electrons. The van der Waals surface area contributed by atoms with E-state index in [1.165, 1.54) is 24.3 Å². The number of rotatable bonds is 7. The number of carbonyl (C=O) groups excluding carboxylic acids is 1. The van der Waals surface area contributed by atoms with E-state index in [0.29, 0.717) is 24.5 Å². The van der Waals surface area contributed by atoms with Crippen LogP contribution in [-0.4, -0.2) is 61.2 Å². The number of halogens is 2. The molecule has 1 aromatic carbocycles. The lowest BCUT2D eigenvalue weighted by Crippen LogP contribution is -2.24. The highest BCUT2D eigenvalue weighted by molar-refractivity contribution is 7.90. The average molecular weight is 510 g/mol. The summed E-state index contributed by atoms with van der Waals surface area (Å²) in [6.07, 6.45) is 0.981. The van der Waals surface area contributed by atoms with Crippen molar-refractivity contribution in [1.82, 2.24) is 9.78 Å². The molecule has 1 saturated carbocycles. The molecule has 2 aromatic rings. The van der Waals surface area contributed by atoms with Crippen molar-refractivity contribution in [3.05, 3.63) is 48.2 Å². The van der Waals surface area contributed by atoms with Crippen LogP contribution in [0.2, 0.25) is 0 Å². The predicted molar refractivity (Wildman–Crippen MR) is 126 cm³/mol. The maximum Gasteiger partial charge on any atom is 0.257 e. The fourth-order valence-electron chi connectivity index (χ4n) is 4.30. The van der Waals surface area contributed by atoms with Gasteiger partial charge in [-0.1, -0.05) is 18.2 Å². The third-order valence-corrected chi connectivity index (χ3v) is 7.16. The van der Waals surface area contributed by atoms with Gasteiger partial charge >= 0.3 is 0 Å². The number of alkyl halides is 2. The van der Waals surface area contributed by atoms with Crippen LogP contribution in [0.5, 0.6) is 0 Å². The first-order valence-electron chi connectivity index (χ1n) is 11.4. The number of nitrogens with one attached hydrogen (secondary N) is 1. The second-order valence-corrected chi connectivity index (χ2v) is 11.5. The Balaban J connectivity index is 1.52. The third kappa shape index (κ3) is 6.33. The number of benzene rings is 1. The van der Waals surface area contributed by atoms with Crippen LogP contribution >= 0.6 is 0 Å². The Kier molecular flexibility index (Phi) is 7.12. The number of allylic oxidation sites excluding steroid dienone is 1. The molecule has 1 saturated heterocycles. The lowest BCUT2D eigenvalue weighted by atomic mass is 9.98. The van der Waals surface area contributed by atoms with E-state index < -0.39 is 39.8 Å². The van der Waals surface area contributed by atoms with Gasteiger partial charge in [-0.3, -0.25) is 9.48 Å². The smallest absolute Gasteiger partial charge is 0.257 e. The number of carbonyl (C=O) groups is 1. The molecule has 0 bridgehead atoms. The van der Waals surface area contributed by atoms with Crippen LogP contribution < -0.4 is 5.32 Å². The Bertz CT molecular complexity index is 1200. The van der Waals surface area contributed by atoms with Gasteiger partial charge < -0.3 is 14.8 Å². The van der Waals surface area contributed by atoms with E-state index in [-0.39, 0.29) is 29.4 Å². The quantitative estimate of drug-likeness (QED) is 0.573. The van der Waals surface area contributed by atoms with Crippen LogP contribution in [0.1, 0.15) is 32.3 Å². The van der Waals surface area contributed by atoms with Gasteiger partial charge in [0.05, 0.1) is 18.0 Å². The Morgan fingerprint density at radius 1 is 1.20 bits per heavy atom. The maximum atomic E-state index is 13.8. The van der Waals surface area contributed by atoms with Gasteiger partial charge in [-0.2, -0.15) is 5.10 Å². The van der Waals surface area contributed by atoms with Crippen LogP contribution in [0.4, 0.5) is 14.6 Å². The minimum atomic E-state index is -3.42.